The highest BCUT2D eigenvalue weighted by Crippen LogP contribution is 2.19. The zero-order chi connectivity index (χ0) is 12.8. The number of aryl methyl sites for hydroxylation is 1. The SMILES string of the molecule is CC(CCc1ccccc1)NC1CCC(O)CC1. The number of hydrogen-bond acceptors (Lipinski definition) is 2. The van der Waals surface area contributed by atoms with Crippen LogP contribution >= 0.6 is 0 Å². The smallest absolute Gasteiger partial charge is 0.0541 e. The third kappa shape index (κ3) is 4.43. The van der Waals surface area contributed by atoms with Gasteiger partial charge in [0.15, 0.2) is 0 Å². The van der Waals surface area contributed by atoms with Gasteiger partial charge in [-0.3, -0.25) is 0 Å². The number of benzene rings is 1. The fraction of sp³-hybridized carbons (Fsp3) is 0.625. The number of hydrogen-bond donors (Lipinski definition) is 2. The molecular formula is C16H25NO. The van der Waals surface area contributed by atoms with Crippen molar-refractivity contribution in [2.45, 2.75) is 63.6 Å². The summed E-state index contributed by atoms with van der Waals surface area (Å²) in [6.07, 6.45) is 6.44. The van der Waals surface area contributed by atoms with E-state index in [9.17, 15) is 5.11 Å². The van der Waals surface area contributed by atoms with Gasteiger partial charge >= 0.3 is 0 Å². The van der Waals surface area contributed by atoms with Gasteiger partial charge in [0.1, 0.15) is 0 Å². The molecule has 1 fully saturated rings. The van der Waals surface area contributed by atoms with Gasteiger partial charge in [-0.2, -0.15) is 0 Å². The molecule has 0 aromatic heterocycles. The first-order valence-electron chi connectivity index (χ1n) is 7.22. The molecule has 1 aromatic rings. The lowest BCUT2D eigenvalue weighted by Crippen LogP contribution is -2.40. The summed E-state index contributed by atoms with van der Waals surface area (Å²) >= 11 is 0. The Morgan fingerprint density at radius 1 is 1.17 bits per heavy atom. The van der Waals surface area contributed by atoms with E-state index in [1.165, 1.54) is 12.0 Å². The van der Waals surface area contributed by atoms with Gasteiger partial charge in [-0.25, -0.2) is 0 Å². The van der Waals surface area contributed by atoms with Gasteiger partial charge in [0.2, 0.25) is 0 Å². The normalized spacial score (nSPS) is 25.9. The first kappa shape index (κ1) is 13.6. The number of nitrogens with one attached hydrogen (secondary N) is 1. The average molecular weight is 247 g/mol. The lowest BCUT2D eigenvalue weighted by molar-refractivity contribution is 0.114. The highest BCUT2D eigenvalue weighted by atomic mass is 16.3. The quantitative estimate of drug-likeness (QED) is 0.838. The molecule has 2 N–H and O–H groups in total. The van der Waals surface area contributed by atoms with Crippen LogP contribution < -0.4 is 5.32 Å². The molecule has 0 heterocycles. The third-order valence-electron chi connectivity index (χ3n) is 3.93. The molecule has 0 bridgehead atoms. The third-order valence-corrected chi connectivity index (χ3v) is 3.93. The van der Waals surface area contributed by atoms with E-state index in [2.05, 4.69) is 42.6 Å². The lowest BCUT2D eigenvalue weighted by atomic mass is 9.92. The van der Waals surface area contributed by atoms with E-state index in [0.29, 0.717) is 12.1 Å². The molecule has 0 spiro atoms. The van der Waals surface area contributed by atoms with Crippen LogP contribution in [-0.2, 0) is 6.42 Å². The Morgan fingerprint density at radius 3 is 2.50 bits per heavy atom. The van der Waals surface area contributed by atoms with Crippen LogP contribution in [0.5, 0.6) is 0 Å². The summed E-state index contributed by atoms with van der Waals surface area (Å²) in [5, 5.41) is 13.2. The Bertz CT molecular complexity index is 330. The van der Waals surface area contributed by atoms with Gasteiger partial charge in [0.05, 0.1) is 6.10 Å². The zero-order valence-electron chi connectivity index (χ0n) is 11.3. The molecular weight excluding hydrogens is 222 g/mol. The van der Waals surface area contributed by atoms with E-state index < -0.39 is 0 Å². The molecule has 0 aliphatic heterocycles. The molecule has 1 unspecified atom stereocenters. The predicted molar refractivity (Wildman–Crippen MR) is 75.6 cm³/mol. The average Bonchev–Trinajstić information content (AvgIpc) is 2.40. The molecule has 0 radical (unpaired) electrons. The second-order valence-electron chi connectivity index (χ2n) is 5.60. The van der Waals surface area contributed by atoms with Gasteiger partial charge < -0.3 is 10.4 Å². The van der Waals surface area contributed by atoms with Gasteiger partial charge in [-0.15, -0.1) is 0 Å². The van der Waals surface area contributed by atoms with Crippen molar-refractivity contribution in [3.05, 3.63) is 35.9 Å². The molecule has 2 rings (SSSR count). The Balaban J connectivity index is 1.67. The van der Waals surface area contributed by atoms with Crippen molar-refractivity contribution in [2.24, 2.45) is 0 Å². The fourth-order valence-electron chi connectivity index (χ4n) is 2.76. The minimum atomic E-state index is -0.0531. The van der Waals surface area contributed by atoms with E-state index in [1.807, 2.05) is 0 Å². The number of aliphatic hydroxyl groups is 1. The monoisotopic (exact) mass is 247 g/mol. The molecule has 0 saturated heterocycles. The molecule has 2 heteroatoms. The first-order valence-corrected chi connectivity index (χ1v) is 7.22. The Labute approximate surface area is 110 Å². The van der Waals surface area contributed by atoms with Crippen LogP contribution in [0.2, 0.25) is 0 Å². The minimum Gasteiger partial charge on any atom is -0.393 e. The van der Waals surface area contributed by atoms with E-state index in [0.717, 1.165) is 32.1 Å². The van der Waals surface area contributed by atoms with E-state index >= 15 is 0 Å². The molecule has 2 nitrogen and oxygen atoms in total. The maximum atomic E-state index is 9.49. The molecule has 1 saturated carbocycles. The second kappa shape index (κ2) is 6.91. The Hall–Kier alpha value is -0.860. The van der Waals surface area contributed by atoms with Gasteiger partial charge in [0, 0.05) is 12.1 Å². The van der Waals surface area contributed by atoms with E-state index in [-0.39, 0.29) is 6.10 Å². The maximum Gasteiger partial charge on any atom is 0.0541 e. The largest absolute Gasteiger partial charge is 0.393 e. The van der Waals surface area contributed by atoms with Gasteiger partial charge in [-0.05, 0) is 51.0 Å². The van der Waals surface area contributed by atoms with E-state index in [4.69, 9.17) is 0 Å². The summed E-state index contributed by atoms with van der Waals surface area (Å²) in [7, 11) is 0. The Kier molecular flexibility index (Phi) is 5.21. The molecule has 1 aromatic carbocycles. The molecule has 1 atom stereocenters. The topological polar surface area (TPSA) is 32.3 Å². The highest BCUT2D eigenvalue weighted by Gasteiger charge is 2.20. The van der Waals surface area contributed by atoms with Gasteiger partial charge in [0.25, 0.3) is 0 Å². The summed E-state index contributed by atoms with van der Waals surface area (Å²) in [6, 6.07) is 11.8. The summed E-state index contributed by atoms with van der Waals surface area (Å²) in [5.74, 6) is 0. The van der Waals surface area contributed by atoms with Crippen molar-refractivity contribution in [1.82, 2.24) is 5.32 Å². The van der Waals surface area contributed by atoms with Crippen LogP contribution in [0.25, 0.3) is 0 Å². The van der Waals surface area contributed by atoms with Crippen LogP contribution in [0, 0.1) is 0 Å². The molecule has 1 aliphatic rings. The predicted octanol–water partition coefficient (Wildman–Crippen LogP) is 2.90. The fourth-order valence-corrected chi connectivity index (χ4v) is 2.76. The van der Waals surface area contributed by atoms with Crippen molar-refractivity contribution in [2.75, 3.05) is 0 Å². The summed E-state index contributed by atoms with van der Waals surface area (Å²) in [5.41, 5.74) is 1.42. The number of aliphatic hydroxyl groups excluding tert-OH is 1. The second-order valence-corrected chi connectivity index (χ2v) is 5.60. The van der Waals surface area contributed by atoms with Crippen LogP contribution in [0.15, 0.2) is 30.3 Å². The van der Waals surface area contributed by atoms with Crippen LogP contribution in [0.1, 0.15) is 44.6 Å². The van der Waals surface area contributed by atoms with E-state index in [1.54, 1.807) is 0 Å². The summed E-state index contributed by atoms with van der Waals surface area (Å²) in [6.45, 7) is 2.27. The van der Waals surface area contributed by atoms with Crippen molar-refractivity contribution in [3.8, 4) is 0 Å². The Morgan fingerprint density at radius 2 is 1.83 bits per heavy atom. The van der Waals surface area contributed by atoms with Crippen LogP contribution in [0.4, 0.5) is 0 Å². The van der Waals surface area contributed by atoms with Crippen molar-refractivity contribution in [1.29, 1.82) is 0 Å². The first-order chi connectivity index (χ1) is 8.74. The molecule has 1 aliphatic carbocycles. The number of rotatable bonds is 5. The van der Waals surface area contributed by atoms with Crippen molar-refractivity contribution < 1.29 is 5.11 Å². The van der Waals surface area contributed by atoms with Crippen molar-refractivity contribution in [3.63, 3.8) is 0 Å². The van der Waals surface area contributed by atoms with Crippen molar-refractivity contribution >= 4 is 0 Å². The molecule has 18 heavy (non-hydrogen) atoms. The lowest BCUT2D eigenvalue weighted by Gasteiger charge is -2.29. The maximum absolute atomic E-state index is 9.49. The van der Waals surface area contributed by atoms with Crippen LogP contribution in [0.3, 0.4) is 0 Å². The zero-order valence-corrected chi connectivity index (χ0v) is 11.3. The highest BCUT2D eigenvalue weighted by molar-refractivity contribution is 5.14. The molecule has 100 valence electrons. The standard InChI is InChI=1S/C16H25NO/c1-13(7-8-14-5-3-2-4-6-14)17-15-9-11-16(18)12-10-15/h2-6,13,15-18H,7-12H2,1H3. The van der Waals surface area contributed by atoms with Crippen LogP contribution in [-0.4, -0.2) is 23.3 Å². The summed E-state index contributed by atoms with van der Waals surface area (Å²) < 4.78 is 0. The summed E-state index contributed by atoms with van der Waals surface area (Å²) in [4.78, 5) is 0. The molecule has 0 amide bonds. The van der Waals surface area contributed by atoms with Gasteiger partial charge in [-0.1, -0.05) is 30.3 Å². The minimum absolute atomic E-state index is 0.0531.